The quantitative estimate of drug-likeness (QED) is 0.140. The fourth-order valence-corrected chi connectivity index (χ4v) is 3.55. The molecule has 14 heteroatoms. The second-order valence-corrected chi connectivity index (χ2v) is 9.38. The van der Waals surface area contributed by atoms with Gasteiger partial charge in [0.05, 0.1) is 12.4 Å². The molecule has 0 aliphatic rings. The first-order chi connectivity index (χ1) is 18.4. The van der Waals surface area contributed by atoms with E-state index in [4.69, 9.17) is 10.8 Å². The molecule has 39 heavy (non-hydrogen) atoms. The van der Waals surface area contributed by atoms with Crippen LogP contribution in [0, 0.1) is 5.92 Å². The molecule has 4 unspecified atom stereocenters. The highest BCUT2D eigenvalue weighted by Gasteiger charge is 2.31. The van der Waals surface area contributed by atoms with Gasteiger partial charge in [-0.1, -0.05) is 26.0 Å². The Kier molecular flexibility index (Phi) is 11.4. The molecule has 2 rings (SSSR count). The van der Waals surface area contributed by atoms with Gasteiger partial charge in [0.25, 0.3) is 0 Å². The molecule has 0 radical (unpaired) electrons. The van der Waals surface area contributed by atoms with Crippen LogP contribution >= 0.6 is 0 Å². The zero-order valence-corrected chi connectivity index (χ0v) is 21.6. The lowest BCUT2D eigenvalue weighted by Crippen LogP contribution is -2.58. The van der Waals surface area contributed by atoms with Crippen molar-refractivity contribution in [1.29, 1.82) is 0 Å². The van der Waals surface area contributed by atoms with E-state index in [0.29, 0.717) is 11.3 Å². The zero-order chi connectivity index (χ0) is 29.1. The molecule has 1 heterocycles. The Morgan fingerprint density at radius 2 is 1.49 bits per heavy atom. The number of carboxylic acids is 2. The average Bonchev–Trinajstić information content (AvgIpc) is 3.39. The molecule has 0 fully saturated rings. The van der Waals surface area contributed by atoms with E-state index in [1.54, 1.807) is 13.8 Å². The number of imidazole rings is 1. The minimum Gasteiger partial charge on any atom is -0.508 e. The minimum atomic E-state index is -1.36. The molecule has 3 amide bonds. The third-order valence-electron chi connectivity index (χ3n) is 5.90. The third kappa shape index (κ3) is 10.1. The van der Waals surface area contributed by atoms with E-state index in [0.717, 1.165) is 0 Å². The van der Waals surface area contributed by atoms with E-state index in [9.17, 15) is 34.2 Å². The number of H-pyrrole nitrogens is 1. The van der Waals surface area contributed by atoms with Crippen LogP contribution in [0.4, 0.5) is 0 Å². The lowest BCUT2D eigenvalue weighted by atomic mass is 10.0. The summed E-state index contributed by atoms with van der Waals surface area (Å²) in [6, 6.07) is 0.853. The maximum atomic E-state index is 13.2. The number of carbonyl (C=O) groups is 5. The molecular weight excluding hydrogens is 512 g/mol. The number of carboxylic acid groups (broad SMARTS) is 2. The van der Waals surface area contributed by atoms with E-state index < -0.39 is 60.2 Å². The van der Waals surface area contributed by atoms with Gasteiger partial charge in [0.1, 0.15) is 23.9 Å². The Hall–Kier alpha value is -4.46. The summed E-state index contributed by atoms with van der Waals surface area (Å²) in [6.07, 6.45) is 1.85. The van der Waals surface area contributed by atoms with Gasteiger partial charge in [0, 0.05) is 31.2 Å². The summed E-state index contributed by atoms with van der Waals surface area (Å²) in [4.78, 5) is 68.5. The second kappa shape index (κ2) is 14.5. The number of nitrogens with one attached hydrogen (secondary N) is 4. The van der Waals surface area contributed by atoms with Gasteiger partial charge in [0.15, 0.2) is 0 Å². The number of nitrogens with zero attached hydrogens (tertiary/aromatic N) is 1. The maximum Gasteiger partial charge on any atom is 0.326 e. The Morgan fingerprint density at radius 1 is 0.897 bits per heavy atom. The van der Waals surface area contributed by atoms with Crippen molar-refractivity contribution in [3.8, 4) is 5.75 Å². The monoisotopic (exact) mass is 546 g/mol. The van der Waals surface area contributed by atoms with Crippen molar-refractivity contribution in [2.24, 2.45) is 11.7 Å². The van der Waals surface area contributed by atoms with E-state index in [1.165, 1.54) is 36.8 Å². The highest BCUT2D eigenvalue weighted by atomic mass is 16.4. The molecule has 0 aliphatic heterocycles. The van der Waals surface area contributed by atoms with Crippen LogP contribution in [0.3, 0.4) is 0 Å². The average molecular weight is 547 g/mol. The number of phenolic OH excluding ortho intramolecular Hbond substituents is 1. The number of benzene rings is 1. The summed E-state index contributed by atoms with van der Waals surface area (Å²) < 4.78 is 0. The van der Waals surface area contributed by atoms with Crippen LogP contribution in [0.1, 0.15) is 37.9 Å². The van der Waals surface area contributed by atoms with E-state index in [1.807, 2.05) is 0 Å². The van der Waals surface area contributed by atoms with E-state index in [-0.39, 0.29) is 30.9 Å². The van der Waals surface area contributed by atoms with E-state index in [2.05, 4.69) is 25.9 Å². The molecule has 212 valence electrons. The Morgan fingerprint density at radius 3 is 2.03 bits per heavy atom. The standard InChI is InChI=1S/C25H34N6O8/c1-13(2)21(26)24(37)29-17(7-8-20(33)34)22(35)30-18(9-14-3-5-16(32)6-4-14)23(36)31-19(25(38)39)10-15-11-27-12-28-15/h3-6,11-13,17-19,21,32H,7-10,26H2,1-2H3,(H,27,28)(H,29,37)(H,30,35)(H,31,36)(H,33,34)(H,38,39). The van der Waals surface area contributed by atoms with Crippen LogP contribution in [-0.2, 0) is 36.8 Å². The number of carbonyl (C=O) groups excluding carboxylic acids is 3. The normalized spacial score (nSPS) is 14.1. The lowest BCUT2D eigenvalue weighted by Gasteiger charge is -2.25. The highest BCUT2D eigenvalue weighted by molar-refractivity contribution is 5.94. The molecule has 9 N–H and O–H groups in total. The van der Waals surface area contributed by atoms with Gasteiger partial charge in [-0.2, -0.15) is 0 Å². The van der Waals surface area contributed by atoms with Gasteiger partial charge in [-0.25, -0.2) is 9.78 Å². The number of nitrogens with two attached hydrogens (primary N) is 1. The number of aromatic nitrogens is 2. The predicted octanol–water partition coefficient (Wildman–Crippen LogP) is -0.712. The summed E-state index contributed by atoms with van der Waals surface area (Å²) in [6.45, 7) is 3.41. The smallest absolute Gasteiger partial charge is 0.326 e. The zero-order valence-electron chi connectivity index (χ0n) is 21.6. The van der Waals surface area contributed by atoms with Crippen molar-refractivity contribution in [3.63, 3.8) is 0 Å². The number of phenols is 1. The van der Waals surface area contributed by atoms with Gasteiger partial charge in [0.2, 0.25) is 17.7 Å². The number of aromatic amines is 1. The van der Waals surface area contributed by atoms with Crippen LogP contribution in [0.5, 0.6) is 5.75 Å². The number of aliphatic carboxylic acids is 2. The topological polar surface area (TPSA) is 237 Å². The van der Waals surface area contributed by atoms with Crippen molar-refractivity contribution in [3.05, 3.63) is 48.0 Å². The molecule has 0 saturated carbocycles. The maximum absolute atomic E-state index is 13.2. The summed E-state index contributed by atoms with van der Waals surface area (Å²) in [5.41, 5.74) is 6.85. The number of hydrogen-bond acceptors (Lipinski definition) is 8. The number of amides is 3. The number of aromatic hydroxyl groups is 1. The first kappa shape index (κ1) is 30.8. The van der Waals surface area contributed by atoms with E-state index >= 15 is 0 Å². The number of hydrogen-bond donors (Lipinski definition) is 8. The fraction of sp³-hybridized carbons (Fsp3) is 0.440. The Bertz CT molecular complexity index is 1140. The first-order valence-electron chi connectivity index (χ1n) is 12.2. The van der Waals surface area contributed by atoms with Crippen molar-refractivity contribution in [1.82, 2.24) is 25.9 Å². The molecule has 0 spiro atoms. The van der Waals surface area contributed by atoms with Gasteiger partial charge in [-0.3, -0.25) is 19.2 Å². The Labute approximate surface area is 224 Å². The molecule has 0 bridgehead atoms. The van der Waals surface area contributed by atoms with Crippen molar-refractivity contribution >= 4 is 29.7 Å². The molecular formula is C25H34N6O8. The van der Waals surface area contributed by atoms with Crippen molar-refractivity contribution in [2.45, 2.75) is 63.7 Å². The molecule has 14 nitrogen and oxygen atoms in total. The SMILES string of the molecule is CC(C)C(N)C(=O)NC(CCC(=O)O)C(=O)NC(Cc1ccc(O)cc1)C(=O)NC(Cc1cnc[nH]1)C(=O)O. The molecule has 0 saturated heterocycles. The van der Waals surface area contributed by atoms with Gasteiger partial charge in [-0.15, -0.1) is 0 Å². The Balaban J connectivity index is 2.27. The molecule has 2 aromatic rings. The van der Waals surface area contributed by atoms with Crippen molar-refractivity contribution in [2.75, 3.05) is 0 Å². The molecule has 1 aromatic heterocycles. The predicted molar refractivity (Wildman–Crippen MR) is 137 cm³/mol. The van der Waals surface area contributed by atoms with Crippen molar-refractivity contribution < 1.29 is 39.3 Å². The third-order valence-corrected chi connectivity index (χ3v) is 5.90. The number of rotatable bonds is 15. The summed E-state index contributed by atoms with van der Waals surface area (Å²) in [7, 11) is 0. The highest BCUT2D eigenvalue weighted by Crippen LogP contribution is 2.13. The largest absolute Gasteiger partial charge is 0.508 e. The first-order valence-corrected chi connectivity index (χ1v) is 12.2. The van der Waals surface area contributed by atoms with Crippen LogP contribution < -0.4 is 21.7 Å². The molecule has 4 atom stereocenters. The van der Waals surface area contributed by atoms with Crippen LogP contribution in [0.25, 0.3) is 0 Å². The summed E-state index contributed by atoms with van der Waals surface area (Å²) >= 11 is 0. The lowest BCUT2D eigenvalue weighted by molar-refractivity contribution is -0.142. The van der Waals surface area contributed by atoms with Gasteiger partial charge in [-0.05, 0) is 30.0 Å². The van der Waals surface area contributed by atoms with Crippen LogP contribution in [0.15, 0.2) is 36.8 Å². The van der Waals surface area contributed by atoms with Gasteiger partial charge >= 0.3 is 11.9 Å². The van der Waals surface area contributed by atoms with Crippen LogP contribution in [0.2, 0.25) is 0 Å². The molecule has 1 aromatic carbocycles. The van der Waals surface area contributed by atoms with Crippen LogP contribution in [-0.4, -0.2) is 79.1 Å². The van der Waals surface area contributed by atoms with Gasteiger partial charge < -0.3 is 42.0 Å². The second-order valence-electron chi connectivity index (χ2n) is 9.38. The fourth-order valence-electron chi connectivity index (χ4n) is 3.55. The molecule has 0 aliphatic carbocycles. The minimum absolute atomic E-state index is 0.0211. The summed E-state index contributed by atoms with van der Waals surface area (Å²) in [5, 5.41) is 35.7. The summed E-state index contributed by atoms with van der Waals surface area (Å²) in [5.74, 6) is -5.14.